The number of nitrogens with zero attached hydrogens (tertiary/aromatic N) is 1. The number of para-hydroxylation sites is 2. The highest BCUT2D eigenvalue weighted by atomic mass is 32.1. The molecular formula is C29H22FN3O4S. The Morgan fingerprint density at radius 3 is 2.37 bits per heavy atom. The molecule has 5 rings (SSSR count). The largest absolute Gasteiger partial charge is 0.493 e. The van der Waals surface area contributed by atoms with Crippen molar-refractivity contribution in [3.63, 3.8) is 0 Å². The minimum Gasteiger partial charge on any atom is -0.493 e. The van der Waals surface area contributed by atoms with E-state index in [4.69, 9.17) is 9.47 Å². The summed E-state index contributed by atoms with van der Waals surface area (Å²) in [5, 5.41) is 8.05. The highest BCUT2D eigenvalue weighted by molar-refractivity contribution is 7.20. The van der Waals surface area contributed by atoms with Gasteiger partial charge in [0.05, 0.1) is 7.11 Å². The first-order valence-corrected chi connectivity index (χ1v) is 12.4. The minimum absolute atomic E-state index is 0.256. The van der Waals surface area contributed by atoms with Crippen molar-refractivity contribution in [2.24, 2.45) is 0 Å². The zero-order valence-corrected chi connectivity index (χ0v) is 21.1. The normalized spacial score (nSPS) is 10.7. The lowest BCUT2D eigenvalue weighted by Crippen LogP contribution is -2.20. The molecule has 0 aliphatic heterocycles. The molecule has 9 heteroatoms. The summed E-state index contributed by atoms with van der Waals surface area (Å²) in [6.45, 7) is -0.274. The number of fused-ring (bicyclic) bond motifs is 1. The van der Waals surface area contributed by atoms with E-state index in [2.05, 4.69) is 15.6 Å². The number of carbonyl (C=O) groups is 2. The van der Waals surface area contributed by atoms with Gasteiger partial charge in [-0.25, -0.2) is 9.37 Å². The molecular weight excluding hydrogens is 505 g/mol. The van der Waals surface area contributed by atoms with Gasteiger partial charge in [-0.15, -0.1) is 0 Å². The zero-order valence-electron chi connectivity index (χ0n) is 20.2. The van der Waals surface area contributed by atoms with Gasteiger partial charge in [-0.05, 0) is 53.2 Å². The van der Waals surface area contributed by atoms with Gasteiger partial charge < -0.3 is 14.8 Å². The summed E-state index contributed by atoms with van der Waals surface area (Å²) in [5.41, 5.74) is 1.49. The van der Waals surface area contributed by atoms with Crippen LogP contribution in [0.15, 0.2) is 91.0 Å². The van der Waals surface area contributed by atoms with Crippen LogP contribution < -0.4 is 20.1 Å². The van der Waals surface area contributed by atoms with Crippen molar-refractivity contribution < 1.29 is 23.5 Å². The van der Waals surface area contributed by atoms with Crippen molar-refractivity contribution in [2.45, 2.75) is 0 Å². The quantitative estimate of drug-likeness (QED) is 0.244. The van der Waals surface area contributed by atoms with Crippen molar-refractivity contribution in [1.82, 2.24) is 4.98 Å². The molecule has 38 heavy (non-hydrogen) atoms. The maximum atomic E-state index is 13.6. The SMILES string of the molecule is COc1ccccc1OCC(=O)Nc1nc(-c2ccc(F)cc2)c(NC(=O)c2cccc3ccccc23)s1. The number of rotatable bonds is 8. The first-order valence-electron chi connectivity index (χ1n) is 11.6. The number of methoxy groups -OCH3 is 1. The second kappa shape index (κ2) is 11.1. The molecule has 0 aliphatic carbocycles. The van der Waals surface area contributed by atoms with Crippen LogP contribution >= 0.6 is 11.3 Å². The van der Waals surface area contributed by atoms with Gasteiger partial charge in [0, 0.05) is 11.1 Å². The average molecular weight is 528 g/mol. The Labute approximate surface area is 221 Å². The second-order valence-corrected chi connectivity index (χ2v) is 9.17. The molecule has 7 nitrogen and oxygen atoms in total. The third kappa shape index (κ3) is 5.47. The summed E-state index contributed by atoms with van der Waals surface area (Å²) < 4.78 is 24.4. The fourth-order valence-electron chi connectivity index (χ4n) is 3.89. The molecule has 1 heterocycles. The monoisotopic (exact) mass is 527 g/mol. The van der Waals surface area contributed by atoms with E-state index in [1.165, 1.54) is 19.2 Å². The number of aromatic nitrogens is 1. The number of ether oxygens (including phenoxy) is 2. The predicted octanol–water partition coefficient (Wildman–Crippen LogP) is 6.38. The van der Waals surface area contributed by atoms with Gasteiger partial charge >= 0.3 is 0 Å². The number of amides is 2. The summed E-state index contributed by atoms with van der Waals surface area (Å²) in [5.74, 6) is -0.230. The molecule has 4 aromatic carbocycles. The lowest BCUT2D eigenvalue weighted by atomic mass is 10.0. The Morgan fingerprint density at radius 1 is 0.868 bits per heavy atom. The number of benzene rings is 4. The Hall–Kier alpha value is -4.76. The van der Waals surface area contributed by atoms with E-state index in [9.17, 15) is 14.0 Å². The smallest absolute Gasteiger partial charge is 0.264 e. The standard InChI is InChI=1S/C29H22FN3O4S/c1-36-23-11-4-5-12-24(23)37-17-25(34)31-29-32-26(19-13-15-20(30)16-14-19)28(38-29)33-27(35)22-10-6-8-18-7-2-3-9-21(18)22/h2-16H,17H2,1H3,(H,33,35)(H,31,32,34). The van der Waals surface area contributed by atoms with Crippen LogP contribution in [0.3, 0.4) is 0 Å². The van der Waals surface area contributed by atoms with E-state index in [1.54, 1.807) is 42.5 Å². The molecule has 0 unspecified atom stereocenters. The number of anilines is 2. The minimum atomic E-state index is -0.442. The van der Waals surface area contributed by atoms with E-state index in [0.29, 0.717) is 33.3 Å². The lowest BCUT2D eigenvalue weighted by Gasteiger charge is -2.09. The number of halogens is 1. The van der Waals surface area contributed by atoms with Crippen molar-refractivity contribution >= 4 is 44.1 Å². The zero-order chi connectivity index (χ0) is 26.5. The summed E-state index contributed by atoms with van der Waals surface area (Å²) in [7, 11) is 1.52. The maximum absolute atomic E-state index is 13.6. The Morgan fingerprint density at radius 2 is 1.58 bits per heavy atom. The number of hydrogen-bond donors (Lipinski definition) is 2. The van der Waals surface area contributed by atoms with Crippen LogP contribution in [0.25, 0.3) is 22.0 Å². The molecule has 0 radical (unpaired) electrons. The fourth-order valence-corrected chi connectivity index (χ4v) is 4.79. The number of carbonyl (C=O) groups excluding carboxylic acids is 2. The van der Waals surface area contributed by atoms with Crippen LogP contribution in [-0.2, 0) is 4.79 Å². The van der Waals surface area contributed by atoms with Gasteiger partial charge in [0.25, 0.3) is 11.8 Å². The Balaban J connectivity index is 1.39. The van der Waals surface area contributed by atoms with E-state index in [1.807, 2.05) is 36.4 Å². The Bertz CT molecular complexity index is 1610. The maximum Gasteiger partial charge on any atom is 0.264 e. The van der Waals surface area contributed by atoms with Crippen molar-refractivity contribution in [3.8, 4) is 22.8 Å². The Kier molecular flexibility index (Phi) is 7.28. The van der Waals surface area contributed by atoms with Crippen LogP contribution in [0.1, 0.15) is 10.4 Å². The predicted molar refractivity (Wildman–Crippen MR) is 147 cm³/mol. The number of hydrogen-bond acceptors (Lipinski definition) is 6. The molecule has 0 fully saturated rings. The summed E-state index contributed by atoms with van der Waals surface area (Å²) in [6.07, 6.45) is 0. The van der Waals surface area contributed by atoms with E-state index in [0.717, 1.165) is 22.1 Å². The topological polar surface area (TPSA) is 89.6 Å². The summed E-state index contributed by atoms with van der Waals surface area (Å²) in [6, 6.07) is 25.8. The third-order valence-corrected chi connectivity index (χ3v) is 6.57. The highest BCUT2D eigenvalue weighted by Crippen LogP contribution is 2.37. The molecule has 0 bridgehead atoms. The van der Waals surface area contributed by atoms with Crippen LogP contribution in [0, 0.1) is 5.82 Å². The molecule has 0 atom stereocenters. The van der Waals surface area contributed by atoms with Crippen LogP contribution in [0.2, 0.25) is 0 Å². The highest BCUT2D eigenvalue weighted by Gasteiger charge is 2.19. The molecule has 2 amide bonds. The molecule has 2 N–H and O–H groups in total. The third-order valence-electron chi connectivity index (χ3n) is 5.68. The van der Waals surface area contributed by atoms with Gasteiger partial charge in [0.15, 0.2) is 23.2 Å². The first-order chi connectivity index (χ1) is 18.5. The average Bonchev–Trinajstić information content (AvgIpc) is 3.33. The molecule has 1 aromatic heterocycles. The van der Waals surface area contributed by atoms with Crippen molar-refractivity contribution in [2.75, 3.05) is 24.4 Å². The molecule has 5 aromatic rings. The van der Waals surface area contributed by atoms with E-state index < -0.39 is 11.7 Å². The lowest BCUT2D eigenvalue weighted by molar-refractivity contribution is -0.118. The second-order valence-electron chi connectivity index (χ2n) is 8.17. The molecule has 0 spiro atoms. The van der Waals surface area contributed by atoms with Gasteiger partial charge in [-0.3, -0.25) is 14.9 Å². The van der Waals surface area contributed by atoms with E-state index >= 15 is 0 Å². The van der Waals surface area contributed by atoms with Gasteiger partial charge in [-0.1, -0.05) is 59.9 Å². The van der Waals surface area contributed by atoms with Gasteiger partial charge in [-0.2, -0.15) is 0 Å². The molecule has 0 saturated heterocycles. The van der Waals surface area contributed by atoms with Crippen LogP contribution in [0.4, 0.5) is 14.5 Å². The molecule has 0 aliphatic rings. The van der Waals surface area contributed by atoms with Gasteiger partial charge in [0.2, 0.25) is 0 Å². The molecule has 190 valence electrons. The van der Waals surface area contributed by atoms with Crippen LogP contribution in [0.5, 0.6) is 11.5 Å². The van der Waals surface area contributed by atoms with Crippen LogP contribution in [-0.4, -0.2) is 30.5 Å². The molecule has 0 saturated carbocycles. The van der Waals surface area contributed by atoms with Crippen molar-refractivity contribution in [1.29, 1.82) is 0 Å². The van der Waals surface area contributed by atoms with Crippen molar-refractivity contribution in [3.05, 3.63) is 102 Å². The summed E-state index contributed by atoms with van der Waals surface area (Å²) in [4.78, 5) is 30.5. The van der Waals surface area contributed by atoms with E-state index in [-0.39, 0.29) is 17.6 Å². The van der Waals surface area contributed by atoms with Gasteiger partial charge in [0.1, 0.15) is 16.5 Å². The summed E-state index contributed by atoms with van der Waals surface area (Å²) >= 11 is 1.10. The first kappa shape index (κ1) is 24.9. The number of thiazole rings is 1. The number of nitrogens with one attached hydrogen (secondary N) is 2. The fraction of sp³-hybridized carbons (Fsp3) is 0.0690.